The van der Waals surface area contributed by atoms with Gasteiger partial charge in [-0.1, -0.05) is 0 Å². The Labute approximate surface area is 86.1 Å². The van der Waals surface area contributed by atoms with Crippen molar-refractivity contribution >= 4 is 11.3 Å². The van der Waals surface area contributed by atoms with Crippen LogP contribution in [0.3, 0.4) is 0 Å². The summed E-state index contributed by atoms with van der Waals surface area (Å²) >= 11 is 1.56. The van der Waals surface area contributed by atoms with Crippen LogP contribution in [0.5, 0.6) is 0 Å². The maximum Gasteiger partial charge on any atom is 0.102 e. The van der Waals surface area contributed by atoms with Gasteiger partial charge in [0, 0.05) is 24.0 Å². The Hall–Kier alpha value is -1.26. The molecule has 0 amide bonds. The van der Waals surface area contributed by atoms with Crippen LogP contribution in [0, 0.1) is 0 Å². The van der Waals surface area contributed by atoms with Crippen molar-refractivity contribution in [2.75, 3.05) is 6.61 Å². The number of aliphatic hydroxyl groups excluding tert-OH is 1. The number of nitrogens with zero attached hydrogens (tertiary/aromatic N) is 2. The number of aromatic nitrogens is 2. The third-order valence-corrected chi connectivity index (χ3v) is 2.93. The van der Waals surface area contributed by atoms with Gasteiger partial charge in [-0.05, 0) is 17.7 Å². The summed E-state index contributed by atoms with van der Waals surface area (Å²) in [6.45, 7) is 0.0809. The molecule has 0 aliphatic carbocycles. The summed E-state index contributed by atoms with van der Waals surface area (Å²) in [5.41, 5.74) is 1.05. The first-order valence-corrected chi connectivity index (χ1v) is 5.20. The smallest absolute Gasteiger partial charge is 0.102 e. The van der Waals surface area contributed by atoms with Gasteiger partial charge in [0.2, 0.25) is 0 Å². The van der Waals surface area contributed by atoms with Gasteiger partial charge in [0.05, 0.1) is 12.5 Å². The van der Waals surface area contributed by atoms with E-state index in [-0.39, 0.29) is 12.5 Å². The Morgan fingerprint density at radius 3 is 2.64 bits per heavy atom. The highest BCUT2D eigenvalue weighted by molar-refractivity contribution is 7.09. The molecule has 0 bridgehead atoms. The normalized spacial score (nSPS) is 12.6. The first-order chi connectivity index (χ1) is 6.92. The molecule has 0 saturated carbocycles. The third kappa shape index (κ3) is 1.81. The molecular formula is C10H10N2OS. The Morgan fingerprint density at radius 2 is 2.07 bits per heavy atom. The first-order valence-electron chi connectivity index (χ1n) is 4.32. The van der Waals surface area contributed by atoms with Gasteiger partial charge in [-0.2, -0.15) is 0 Å². The fourth-order valence-electron chi connectivity index (χ4n) is 1.33. The maximum absolute atomic E-state index is 9.30. The van der Waals surface area contributed by atoms with E-state index in [9.17, 15) is 5.11 Å². The van der Waals surface area contributed by atoms with E-state index in [1.54, 1.807) is 29.9 Å². The second-order valence-electron chi connectivity index (χ2n) is 2.89. The highest BCUT2D eigenvalue weighted by Gasteiger charge is 2.14. The lowest BCUT2D eigenvalue weighted by atomic mass is 10.0. The molecule has 0 radical (unpaired) electrons. The van der Waals surface area contributed by atoms with Crippen molar-refractivity contribution in [3.05, 3.63) is 46.7 Å². The fraction of sp³-hybridized carbons (Fsp3) is 0.200. The zero-order valence-electron chi connectivity index (χ0n) is 7.50. The summed E-state index contributed by atoms with van der Waals surface area (Å²) in [6, 6.07) is 3.81. The van der Waals surface area contributed by atoms with Crippen LogP contribution in [-0.4, -0.2) is 21.7 Å². The molecule has 0 aliphatic heterocycles. The monoisotopic (exact) mass is 206 g/mol. The van der Waals surface area contributed by atoms with Crippen LogP contribution in [0.15, 0.2) is 36.1 Å². The zero-order chi connectivity index (χ0) is 9.80. The molecule has 2 aromatic heterocycles. The second-order valence-corrected chi connectivity index (χ2v) is 3.81. The van der Waals surface area contributed by atoms with Gasteiger partial charge in [-0.15, -0.1) is 11.3 Å². The van der Waals surface area contributed by atoms with Crippen molar-refractivity contribution < 1.29 is 5.11 Å². The maximum atomic E-state index is 9.30. The van der Waals surface area contributed by atoms with Gasteiger partial charge in [0.15, 0.2) is 0 Å². The van der Waals surface area contributed by atoms with E-state index < -0.39 is 0 Å². The molecule has 72 valence electrons. The van der Waals surface area contributed by atoms with E-state index in [1.807, 2.05) is 17.5 Å². The second kappa shape index (κ2) is 4.30. The number of hydrogen-bond acceptors (Lipinski definition) is 4. The molecule has 1 unspecified atom stereocenters. The highest BCUT2D eigenvalue weighted by atomic mass is 32.1. The van der Waals surface area contributed by atoms with Gasteiger partial charge in [-0.25, -0.2) is 4.98 Å². The van der Waals surface area contributed by atoms with Crippen LogP contribution in [-0.2, 0) is 0 Å². The van der Waals surface area contributed by atoms with Crippen molar-refractivity contribution in [3.63, 3.8) is 0 Å². The van der Waals surface area contributed by atoms with Crippen LogP contribution < -0.4 is 0 Å². The Balaban J connectivity index is 2.31. The molecule has 0 aromatic carbocycles. The number of hydrogen-bond donors (Lipinski definition) is 1. The summed E-state index contributed by atoms with van der Waals surface area (Å²) in [6.07, 6.45) is 5.21. The largest absolute Gasteiger partial charge is 0.395 e. The molecule has 4 heteroatoms. The molecule has 2 aromatic rings. The average molecular weight is 206 g/mol. The molecule has 14 heavy (non-hydrogen) atoms. The minimum atomic E-state index is -0.0157. The van der Waals surface area contributed by atoms with Crippen LogP contribution >= 0.6 is 11.3 Å². The molecule has 0 spiro atoms. The molecule has 0 aliphatic rings. The SMILES string of the molecule is OCC(c1ccncc1)c1nccs1. The molecule has 0 saturated heterocycles. The highest BCUT2D eigenvalue weighted by Crippen LogP contribution is 2.24. The van der Waals surface area contributed by atoms with Gasteiger partial charge in [0.25, 0.3) is 0 Å². The number of aliphatic hydroxyl groups is 1. The molecule has 0 fully saturated rings. The Morgan fingerprint density at radius 1 is 1.29 bits per heavy atom. The summed E-state index contributed by atoms with van der Waals surface area (Å²) in [5.74, 6) is -0.0157. The number of rotatable bonds is 3. The van der Waals surface area contributed by atoms with Crippen LogP contribution in [0.25, 0.3) is 0 Å². The van der Waals surface area contributed by atoms with Gasteiger partial charge in [-0.3, -0.25) is 4.98 Å². The minimum Gasteiger partial charge on any atom is -0.395 e. The van der Waals surface area contributed by atoms with Crippen molar-refractivity contribution in [2.24, 2.45) is 0 Å². The summed E-state index contributed by atoms with van der Waals surface area (Å²) in [4.78, 5) is 8.15. The van der Waals surface area contributed by atoms with Gasteiger partial charge >= 0.3 is 0 Å². The number of pyridine rings is 1. The van der Waals surface area contributed by atoms with E-state index in [0.29, 0.717) is 0 Å². The predicted molar refractivity (Wildman–Crippen MR) is 55.3 cm³/mol. The molecule has 1 atom stereocenters. The molecular weight excluding hydrogens is 196 g/mol. The summed E-state index contributed by atoms with van der Waals surface area (Å²) < 4.78 is 0. The van der Waals surface area contributed by atoms with E-state index in [4.69, 9.17) is 0 Å². The predicted octanol–water partition coefficient (Wildman–Crippen LogP) is 1.66. The van der Waals surface area contributed by atoms with Gasteiger partial charge < -0.3 is 5.11 Å². The van der Waals surface area contributed by atoms with Crippen LogP contribution in [0.1, 0.15) is 16.5 Å². The van der Waals surface area contributed by atoms with E-state index in [1.165, 1.54) is 0 Å². The molecule has 2 heterocycles. The quantitative estimate of drug-likeness (QED) is 0.830. The van der Waals surface area contributed by atoms with Crippen molar-refractivity contribution in [1.82, 2.24) is 9.97 Å². The standard InChI is InChI=1S/C10H10N2OS/c13-7-9(10-12-5-6-14-10)8-1-3-11-4-2-8/h1-6,9,13H,7H2. The summed E-state index contributed by atoms with van der Waals surface area (Å²) in [7, 11) is 0. The van der Waals surface area contributed by atoms with Crippen molar-refractivity contribution in [2.45, 2.75) is 5.92 Å². The third-order valence-electron chi connectivity index (χ3n) is 2.04. The first kappa shape index (κ1) is 9.30. The van der Waals surface area contributed by atoms with Crippen LogP contribution in [0.2, 0.25) is 0 Å². The number of thiazole rings is 1. The lowest BCUT2D eigenvalue weighted by Gasteiger charge is -2.10. The van der Waals surface area contributed by atoms with Crippen molar-refractivity contribution in [3.8, 4) is 0 Å². The fourth-order valence-corrected chi connectivity index (χ4v) is 2.09. The van der Waals surface area contributed by atoms with E-state index >= 15 is 0 Å². The molecule has 3 nitrogen and oxygen atoms in total. The van der Waals surface area contributed by atoms with Gasteiger partial charge in [0.1, 0.15) is 5.01 Å². The lowest BCUT2D eigenvalue weighted by Crippen LogP contribution is -2.05. The zero-order valence-corrected chi connectivity index (χ0v) is 8.31. The average Bonchev–Trinajstić information content (AvgIpc) is 2.74. The minimum absolute atomic E-state index is 0.0157. The Kier molecular flexibility index (Phi) is 2.86. The van der Waals surface area contributed by atoms with E-state index in [2.05, 4.69) is 9.97 Å². The topological polar surface area (TPSA) is 46.0 Å². The van der Waals surface area contributed by atoms with Crippen molar-refractivity contribution in [1.29, 1.82) is 0 Å². The van der Waals surface area contributed by atoms with E-state index in [0.717, 1.165) is 10.6 Å². The Bertz CT molecular complexity index is 374. The summed E-state index contributed by atoms with van der Waals surface area (Å²) in [5, 5.41) is 12.2. The molecule has 2 rings (SSSR count). The van der Waals surface area contributed by atoms with Crippen LogP contribution in [0.4, 0.5) is 0 Å². The lowest BCUT2D eigenvalue weighted by molar-refractivity contribution is 0.280. The molecule has 1 N–H and O–H groups in total.